The minimum absolute atomic E-state index is 0.0115. The molecule has 8 aliphatic heterocycles. The Hall–Kier alpha value is -13.1. The summed E-state index contributed by atoms with van der Waals surface area (Å²) in [5.74, 6) is 4.21. The molecule has 0 N–H and O–H groups in total. The first-order valence-electron chi connectivity index (χ1n) is 45.2. The maximum atomic E-state index is 13.9. The Morgan fingerprint density at radius 2 is 0.617 bits per heavy atom. The van der Waals surface area contributed by atoms with Gasteiger partial charge in [-0.1, -0.05) is 48.5 Å². The van der Waals surface area contributed by atoms with Gasteiger partial charge in [-0.05, 0) is 300 Å². The number of rotatable bonds is 16. The quantitative estimate of drug-likeness (QED) is 0.0869. The van der Waals surface area contributed by atoms with Crippen LogP contribution in [0.15, 0.2) is 195 Å². The molecule has 12 atom stereocenters. The van der Waals surface area contributed by atoms with E-state index in [4.69, 9.17) is 23.9 Å². The summed E-state index contributed by atoms with van der Waals surface area (Å²) < 4.78 is 25.1. The summed E-state index contributed by atoms with van der Waals surface area (Å²) in [5.41, 5.74) is 20.3. The van der Waals surface area contributed by atoms with Gasteiger partial charge in [0.05, 0.1) is 58.1 Å². The number of hydrogen-bond acceptors (Lipinski definition) is 20. The van der Waals surface area contributed by atoms with Crippen LogP contribution in [0.3, 0.4) is 0 Å². The first-order valence-corrected chi connectivity index (χ1v) is 45.2. The summed E-state index contributed by atoms with van der Waals surface area (Å²) in [7, 11) is 0. The molecule has 4 saturated carbocycles. The van der Waals surface area contributed by atoms with E-state index < -0.39 is 0 Å². The fraction of sp³-hybridized carbons (Fsp3) is 0.385. The predicted octanol–water partition coefficient (Wildman–Crippen LogP) is 18.1. The van der Waals surface area contributed by atoms with E-state index in [0.717, 1.165) is 204 Å². The molecule has 128 heavy (non-hydrogen) atoms. The number of aromatic nitrogens is 12. The van der Waals surface area contributed by atoms with Gasteiger partial charge in [-0.15, -0.1) is 0 Å². The highest BCUT2D eigenvalue weighted by molar-refractivity contribution is 6.02. The van der Waals surface area contributed by atoms with Crippen LogP contribution in [0.25, 0.3) is 45.3 Å². The van der Waals surface area contributed by atoms with Crippen LogP contribution in [-0.2, 0) is 0 Å². The zero-order valence-electron chi connectivity index (χ0n) is 75.1. The third-order valence-electron chi connectivity index (χ3n) is 26.5. The Bertz CT molecular complexity index is 5670. The van der Waals surface area contributed by atoms with Crippen LogP contribution < -0.4 is 18.9 Å². The van der Waals surface area contributed by atoms with E-state index in [9.17, 15) is 19.2 Å². The zero-order chi connectivity index (χ0) is 89.0. The molecule has 24 heteroatoms. The zero-order valence-corrected chi connectivity index (χ0v) is 75.1. The maximum absolute atomic E-state index is 13.9. The molecule has 0 aromatic carbocycles. The molecule has 4 aliphatic carbocycles. The molecule has 656 valence electrons. The fourth-order valence-corrected chi connectivity index (χ4v) is 19.9. The van der Waals surface area contributed by atoms with Gasteiger partial charge in [0, 0.05) is 135 Å². The summed E-state index contributed by atoms with van der Waals surface area (Å²) in [6.07, 6.45) is 29.8. The van der Waals surface area contributed by atoms with E-state index in [0.29, 0.717) is 81.1 Å². The van der Waals surface area contributed by atoms with Gasteiger partial charge in [0.25, 0.3) is 23.6 Å². The van der Waals surface area contributed by atoms with Crippen molar-refractivity contribution in [1.82, 2.24) is 79.4 Å². The highest BCUT2D eigenvalue weighted by Crippen LogP contribution is 2.45. The highest BCUT2D eigenvalue weighted by Gasteiger charge is 2.50. The number of hydrogen-bond donors (Lipinski definition) is 0. The number of piperidine rings is 8. The lowest BCUT2D eigenvalue weighted by molar-refractivity contribution is -0.0316. The SMILES string of the molecule is Cc1ccc(OC2CC3CCC2N(C(=O)c2cc(C)cnc2-c2ncccc2C)C3)nc1.Cc1ccc(OC2CC3CCC2N(C(=O)c2ccc(C)nc2-c2ncccc2C)C3)nc1.Cc1ccc(OC2CC3CCC2N(C(=O)c2nc(C)ccc2-c2ncccc2C)C3)nc1.Cc1ccc(OC2CC3CCC2N(C(=O)c2ncc(C)cc2-c2ncccc2C)C3)nc1. The van der Waals surface area contributed by atoms with Gasteiger partial charge in [0.1, 0.15) is 47.2 Å². The van der Waals surface area contributed by atoms with Gasteiger partial charge in [-0.3, -0.25) is 54.1 Å². The molecule has 4 amide bonds. The Kier molecular flexibility index (Phi) is 26.0. The molecule has 12 aromatic heterocycles. The van der Waals surface area contributed by atoms with E-state index in [1.54, 1.807) is 37.2 Å². The second-order valence-corrected chi connectivity index (χ2v) is 36.3. The molecular weight excluding hydrogens is 1600 g/mol. The van der Waals surface area contributed by atoms with Crippen molar-refractivity contribution in [2.75, 3.05) is 26.2 Å². The average molecular weight is 1710 g/mol. The van der Waals surface area contributed by atoms with Crippen molar-refractivity contribution in [3.8, 4) is 68.8 Å². The van der Waals surface area contributed by atoms with Crippen LogP contribution in [0.4, 0.5) is 0 Å². The monoisotopic (exact) mass is 1710 g/mol. The van der Waals surface area contributed by atoms with Crippen molar-refractivity contribution in [3.05, 3.63) is 285 Å². The largest absolute Gasteiger partial charge is 0.472 e. The summed E-state index contributed by atoms with van der Waals surface area (Å²) in [5, 5.41) is 0. The van der Waals surface area contributed by atoms with Gasteiger partial charge < -0.3 is 38.5 Å². The van der Waals surface area contributed by atoms with Crippen LogP contribution in [0, 0.1) is 107 Å². The lowest BCUT2D eigenvalue weighted by atomic mass is 9.77. The van der Waals surface area contributed by atoms with Gasteiger partial charge in [-0.25, -0.2) is 24.9 Å². The van der Waals surface area contributed by atoms with E-state index in [-0.39, 0.29) is 72.2 Å². The second kappa shape index (κ2) is 38.2. The number of ether oxygens (including phenoxy) is 4. The molecule has 12 fully saturated rings. The van der Waals surface area contributed by atoms with Gasteiger partial charge in [0.2, 0.25) is 23.5 Å². The minimum Gasteiger partial charge on any atom is -0.472 e. The highest BCUT2D eigenvalue weighted by atomic mass is 16.5. The molecule has 0 radical (unpaired) electrons. The first kappa shape index (κ1) is 87.0. The van der Waals surface area contributed by atoms with Gasteiger partial charge in [-0.2, -0.15) is 0 Å². The third kappa shape index (κ3) is 19.3. The molecule has 8 bridgehead atoms. The number of fused-ring (bicyclic) bond motifs is 12. The predicted molar refractivity (Wildman–Crippen MR) is 490 cm³/mol. The third-order valence-corrected chi connectivity index (χ3v) is 26.5. The average Bonchev–Trinajstić information content (AvgIpc) is 0.772. The lowest BCUT2D eigenvalue weighted by Crippen LogP contribution is -2.59. The van der Waals surface area contributed by atoms with Crippen LogP contribution >= 0.6 is 0 Å². The summed E-state index contributed by atoms with van der Waals surface area (Å²) in [6, 6.07) is 43.1. The maximum Gasteiger partial charge on any atom is 0.273 e. The van der Waals surface area contributed by atoms with E-state index in [1.165, 1.54) is 0 Å². The Morgan fingerprint density at radius 3 is 1.01 bits per heavy atom. The molecule has 24 rings (SSSR count). The molecule has 8 saturated heterocycles. The van der Waals surface area contributed by atoms with E-state index >= 15 is 0 Å². The van der Waals surface area contributed by atoms with Crippen molar-refractivity contribution < 1.29 is 38.1 Å². The number of amides is 4. The summed E-state index contributed by atoms with van der Waals surface area (Å²) in [6.45, 7) is 26.9. The van der Waals surface area contributed by atoms with Crippen LogP contribution in [0.2, 0.25) is 0 Å². The molecule has 12 unspecified atom stereocenters. The number of pyridine rings is 12. The Balaban J connectivity index is 0.000000120. The fourth-order valence-electron chi connectivity index (χ4n) is 19.9. The van der Waals surface area contributed by atoms with E-state index in [1.807, 2.05) is 261 Å². The summed E-state index contributed by atoms with van der Waals surface area (Å²) in [4.78, 5) is 118. The molecule has 24 nitrogen and oxygen atoms in total. The minimum atomic E-state index is -0.0495. The van der Waals surface area contributed by atoms with Gasteiger partial charge >= 0.3 is 0 Å². The van der Waals surface area contributed by atoms with Gasteiger partial charge in [0.15, 0.2) is 0 Å². The van der Waals surface area contributed by atoms with Crippen molar-refractivity contribution in [1.29, 1.82) is 0 Å². The standard InChI is InChI=1S/4C26H28N4O2/c1-16-6-11-23(28-14-16)32-22-13-19-8-10-21(22)30(15-19)26(31)20-9-7-18(3)29-25(20)24-17(2)5-4-12-27-24;1-16-6-11-23(28-14-16)32-22-13-19-8-10-21(22)30(15-19)26(31)25-20(9-7-18(3)29-25)24-17(2)5-4-12-27-24;1-16-6-9-23(28-13-16)32-22-12-19-7-8-21(22)30(15-19)26(31)20-11-17(2)14-29-25(20)24-18(3)5-4-10-27-24;1-16-6-9-23(28-13-16)32-22-12-19-7-8-21(22)30(15-19)26(31)25-20(11-17(2)14-29-25)24-18(3)5-4-10-27-24/h2*4-7,9,11-12,14,19,21-22H,8,10,13,15H2,1-3H3;2*4-6,9-11,13-14,19,21-22H,7-8,12,15H2,1-3H3. The second-order valence-electron chi connectivity index (χ2n) is 36.3. The van der Waals surface area contributed by atoms with Crippen LogP contribution in [0.5, 0.6) is 23.5 Å². The molecule has 20 heterocycles. The van der Waals surface area contributed by atoms with Crippen LogP contribution in [-0.4, -0.2) is 178 Å². The van der Waals surface area contributed by atoms with Crippen molar-refractivity contribution in [2.24, 2.45) is 23.7 Å². The first-order chi connectivity index (χ1) is 62.0. The number of carbonyl (C=O) groups excluding carboxylic acids is 4. The molecular formula is C104H112N16O8. The van der Waals surface area contributed by atoms with Crippen molar-refractivity contribution in [2.45, 2.75) is 209 Å². The number of aryl methyl sites for hydroxylation is 12. The number of nitrogens with zero attached hydrogens (tertiary/aromatic N) is 16. The summed E-state index contributed by atoms with van der Waals surface area (Å²) >= 11 is 0. The smallest absolute Gasteiger partial charge is 0.273 e. The molecule has 12 aromatic rings. The van der Waals surface area contributed by atoms with E-state index in [2.05, 4.69) is 54.8 Å². The normalized spacial score (nSPS) is 22.1. The van der Waals surface area contributed by atoms with Crippen molar-refractivity contribution in [3.63, 3.8) is 0 Å². The number of carbonyl (C=O) groups is 4. The van der Waals surface area contributed by atoms with Crippen LogP contribution in [0.1, 0.15) is 186 Å². The Labute approximate surface area is 749 Å². The topological polar surface area (TPSA) is 273 Å². The lowest BCUT2D eigenvalue weighted by Gasteiger charge is -2.49. The molecule has 0 spiro atoms. The van der Waals surface area contributed by atoms with Crippen molar-refractivity contribution >= 4 is 23.6 Å². The molecule has 12 aliphatic rings. The Morgan fingerprint density at radius 1 is 0.281 bits per heavy atom.